The molecule has 1 N–H and O–H groups in total. The van der Waals surface area contributed by atoms with Gasteiger partial charge < -0.3 is 9.64 Å². The van der Waals surface area contributed by atoms with Crippen molar-refractivity contribution < 1.29 is 9.53 Å². The van der Waals surface area contributed by atoms with E-state index in [1.165, 1.54) is 0 Å². The highest BCUT2D eigenvalue weighted by Crippen LogP contribution is 2.36. The molecular formula is C11H10BrN3O2. The maximum atomic E-state index is 11.6. The van der Waals surface area contributed by atoms with Crippen molar-refractivity contribution in [1.29, 1.82) is 0 Å². The lowest BCUT2D eigenvalue weighted by molar-refractivity contribution is -0.122. The van der Waals surface area contributed by atoms with Crippen molar-refractivity contribution in [2.45, 2.75) is 13.0 Å². The first-order chi connectivity index (χ1) is 8.16. The van der Waals surface area contributed by atoms with Crippen molar-refractivity contribution in [3.63, 3.8) is 0 Å². The van der Waals surface area contributed by atoms with Crippen molar-refractivity contribution in [2.24, 2.45) is 5.10 Å². The number of amides is 1. The predicted octanol–water partition coefficient (Wildman–Crippen LogP) is 1.48. The van der Waals surface area contributed by atoms with Crippen molar-refractivity contribution >= 4 is 33.4 Å². The van der Waals surface area contributed by atoms with Crippen molar-refractivity contribution in [1.82, 2.24) is 5.43 Å². The lowest BCUT2D eigenvalue weighted by Crippen LogP contribution is -2.55. The Labute approximate surface area is 107 Å². The van der Waals surface area contributed by atoms with Crippen LogP contribution >= 0.6 is 15.9 Å². The Hall–Kier alpha value is -1.56. The van der Waals surface area contributed by atoms with Gasteiger partial charge in [0.25, 0.3) is 5.91 Å². The average molecular weight is 296 g/mol. The van der Waals surface area contributed by atoms with E-state index in [2.05, 4.69) is 26.5 Å². The second kappa shape index (κ2) is 3.73. The van der Waals surface area contributed by atoms with Gasteiger partial charge in [-0.05, 0) is 25.1 Å². The largest absolute Gasteiger partial charge is 0.483 e. The lowest BCUT2D eigenvalue weighted by Gasteiger charge is -2.38. The summed E-state index contributed by atoms with van der Waals surface area (Å²) in [5, 5.41) is 4.01. The average Bonchev–Trinajstić information content (AvgIpc) is 2.33. The minimum Gasteiger partial charge on any atom is -0.483 e. The fourth-order valence-corrected chi connectivity index (χ4v) is 2.35. The normalized spacial score (nSPS) is 22.0. The third-order valence-electron chi connectivity index (χ3n) is 2.88. The molecule has 3 rings (SSSR count). The third-order valence-corrected chi connectivity index (χ3v) is 3.37. The summed E-state index contributed by atoms with van der Waals surface area (Å²) in [5.74, 6) is 1.39. The first-order valence-corrected chi connectivity index (χ1v) is 6.04. The molecule has 2 aliphatic rings. The molecule has 88 valence electrons. The van der Waals surface area contributed by atoms with E-state index in [0.717, 1.165) is 21.7 Å². The summed E-state index contributed by atoms with van der Waals surface area (Å²) in [4.78, 5) is 13.5. The number of carbonyl (C=O) groups is 1. The molecule has 17 heavy (non-hydrogen) atoms. The van der Waals surface area contributed by atoms with E-state index in [1.807, 2.05) is 30.0 Å². The molecule has 0 saturated heterocycles. The van der Waals surface area contributed by atoms with Gasteiger partial charge in [-0.3, -0.25) is 4.79 Å². The highest BCUT2D eigenvalue weighted by Gasteiger charge is 2.34. The Morgan fingerprint density at radius 2 is 2.41 bits per heavy atom. The number of anilines is 1. The molecule has 1 unspecified atom stereocenters. The van der Waals surface area contributed by atoms with Crippen LogP contribution in [0.15, 0.2) is 27.8 Å². The number of fused-ring (bicyclic) bond motifs is 3. The molecule has 2 heterocycles. The van der Waals surface area contributed by atoms with E-state index in [0.29, 0.717) is 6.61 Å². The van der Waals surface area contributed by atoms with Gasteiger partial charge in [-0.25, -0.2) is 5.43 Å². The molecule has 0 radical (unpaired) electrons. The summed E-state index contributed by atoms with van der Waals surface area (Å²) in [7, 11) is 0. The summed E-state index contributed by atoms with van der Waals surface area (Å²) in [5.41, 5.74) is 3.36. The predicted molar refractivity (Wildman–Crippen MR) is 67.2 cm³/mol. The summed E-state index contributed by atoms with van der Waals surface area (Å²) in [6, 6.07) is 5.45. The molecule has 1 atom stereocenters. The number of rotatable bonds is 0. The Bertz CT molecular complexity index is 529. The van der Waals surface area contributed by atoms with Crippen molar-refractivity contribution in [2.75, 3.05) is 11.5 Å². The minimum absolute atomic E-state index is 0.110. The minimum atomic E-state index is -0.278. The number of nitrogens with one attached hydrogen (secondary N) is 1. The summed E-state index contributed by atoms with van der Waals surface area (Å²) >= 11 is 3.42. The Morgan fingerprint density at radius 3 is 3.24 bits per heavy atom. The molecule has 0 saturated carbocycles. The zero-order chi connectivity index (χ0) is 12.0. The van der Waals surface area contributed by atoms with Crippen LogP contribution < -0.4 is 15.1 Å². The fraction of sp³-hybridized carbons (Fsp3) is 0.273. The molecule has 0 aliphatic carbocycles. The molecule has 1 aromatic rings. The second-order valence-electron chi connectivity index (χ2n) is 3.95. The molecule has 1 aromatic carbocycles. The molecule has 0 bridgehead atoms. The van der Waals surface area contributed by atoms with Gasteiger partial charge in [0.1, 0.15) is 18.4 Å². The quantitative estimate of drug-likeness (QED) is 0.789. The van der Waals surface area contributed by atoms with Gasteiger partial charge in [0, 0.05) is 4.47 Å². The zero-order valence-electron chi connectivity index (χ0n) is 9.11. The van der Waals surface area contributed by atoms with Gasteiger partial charge in [-0.2, -0.15) is 5.10 Å². The van der Waals surface area contributed by atoms with Crippen LogP contribution in [0.1, 0.15) is 6.92 Å². The first kappa shape index (κ1) is 10.6. The molecule has 2 aliphatic heterocycles. The number of amidine groups is 1. The maximum Gasteiger partial charge on any atom is 0.262 e. The number of halogens is 1. The van der Waals surface area contributed by atoms with E-state index >= 15 is 0 Å². The number of benzene rings is 1. The van der Waals surface area contributed by atoms with Crippen LogP contribution in [0.3, 0.4) is 0 Å². The zero-order valence-corrected chi connectivity index (χ0v) is 10.7. The van der Waals surface area contributed by atoms with E-state index in [9.17, 15) is 4.79 Å². The monoisotopic (exact) mass is 295 g/mol. The standard InChI is InChI=1S/C11H10BrN3O2/c1-6-11(16)14-13-10-5-17-9-3-2-7(12)4-8(9)15(6)10/h2-4,6H,5H2,1H3,(H,14,16). The van der Waals surface area contributed by atoms with Crippen molar-refractivity contribution in [3.05, 3.63) is 22.7 Å². The van der Waals surface area contributed by atoms with Crippen LogP contribution in [0, 0.1) is 0 Å². The Kier molecular flexibility index (Phi) is 2.32. The van der Waals surface area contributed by atoms with Gasteiger partial charge in [0.2, 0.25) is 0 Å². The molecule has 0 fully saturated rings. The first-order valence-electron chi connectivity index (χ1n) is 5.25. The topological polar surface area (TPSA) is 53.9 Å². The van der Waals surface area contributed by atoms with Crippen LogP contribution in [-0.4, -0.2) is 24.4 Å². The van der Waals surface area contributed by atoms with Crippen molar-refractivity contribution in [3.8, 4) is 5.75 Å². The number of hydrazone groups is 1. The highest BCUT2D eigenvalue weighted by molar-refractivity contribution is 9.10. The number of ether oxygens (including phenoxy) is 1. The van der Waals surface area contributed by atoms with Gasteiger partial charge in [-0.1, -0.05) is 15.9 Å². The van der Waals surface area contributed by atoms with Crippen LogP contribution in [0.5, 0.6) is 5.75 Å². The van der Waals surface area contributed by atoms with E-state index in [4.69, 9.17) is 4.74 Å². The highest BCUT2D eigenvalue weighted by atomic mass is 79.9. The van der Waals surface area contributed by atoms with Crippen LogP contribution in [-0.2, 0) is 4.79 Å². The van der Waals surface area contributed by atoms with Gasteiger partial charge in [0.15, 0.2) is 5.84 Å². The van der Waals surface area contributed by atoms with Gasteiger partial charge in [-0.15, -0.1) is 0 Å². The van der Waals surface area contributed by atoms with E-state index < -0.39 is 0 Å². The Morgan fingerprint density at radius 1 is 1.59 bits per heavy atom. The molecule has 0 aromatic heterocycles. The van der Waals surface area contributed by atoms with Crippen LogP contribution in [0.25, 0.3) is 0 Å². The molecule has 1 amide bonds. The number of carbonyl (C=O) groups excluding carboxylic acids is 1. The maximum absolute atomic E-state index is 11.6. The summed E-state index contributed by atoms with van der Waals surface area (Å²) < 4.78 is 6.53. The van der Waals surface area contributed by atoms with E-state index in [-0.39, 0.29) is 11.9 Å². The van der Waals surface area contributed by atoms with Gasteiger partial charge >= 0.3 is 0 Å². The molecule has 6 heteroatoms. The molecule has 0 spiro atoms. The Balaban J connectivity index is 2.14. The van der Waals surface area contributed by atoms with Crippen LogP contribution in [0.2, 0.25) is 0 Å². The molecular weight excluding hydrogens is 286 g/mol. The SMILES string of the molecule is CC1C(=O)NN=C2COc3ccc(Br)cc3N21. The molecule has 5 nitrogen and oxygen atoms in total. The van der Waals surface area contributed by atoms with Gasteiger partial charge in [0.05, 0.1) is 5.69 Å². The van der Waals surface area contributed by atoms with E-state index in [1.54, 1.807) is 0 Å². The lowest BCUT2D eigenvalue weighted by atomic mass is 10.1. The third kappa shape index (κ3) is 1.59. The number of hydrogen-bond donors (Lipinski definition) is 1. The smallest absolute Gasteiger partial charge is 0.262 e. The van der Waals surface area contributed by atoms with Crippen LogP contribution in [0.4, 0.5) is 5.69 Å². The second-order valence-corrected chi connectivity index (χ2v) is 4.87. The summed E-state index contributed by atoms with van der Waals surface area (Å²) in [6.45, 7) is 2.22. The summed E-state index contributed by atoms with van der Waals surface area (Å²) in [6.07, 6.45) is 0. The number of nitrogens with zero attached hydrogens (tertiary/aromatic N) is 2. The number of hydrogen-bond acceptors (Lipinski definition) is 4. The fourth-order valence-electron chi connectivity index (χ4n) is 2.00.